The zero-order valence-corrected chi connectivity index (χ0v) is 20.2. The minimum atomic E-state index is -0.984. The largest absolute Gasteiger partial charge is 0.389 e. The molecule has 0 bridgehead atoms. The normalized spacial score (nSPS) is 22.4. The molecule has 3 N–H and O–H groups in total. The van der Waals surface area contributed by atoms with E-state index in [9.17, 15) is 23.1 Å². The Balaban J connectivity index is 1.64. The lowest BCUT2D eigenvalue weighted by Gasteiger charge is -2.44. The van der Waals surface area contributed by atoms with Crippen LogP contribution in [0.15, 0.2) is 48.8 Å². The van der Waals surface area contributed by atoms with Gasteiger partial charge in [0.2, 0.25) is 0 Å². The van der Waals surface area contributed by atoms with E-state index in [0.717, 1.165) is 24.3 Å². The van der Waals surface area contributed by atoms with Crippen molar-refractivity contribution in [3.8, 4) is 11.3 Å². The minimum Gasteiger partial charge on any atom is -0.389 e. The first kappa shape index (κ1) is 25.9. The molecule has 6 nitrogen and oxygen atoms in total. The molecule has 4 rings (SSSR count). The summed E-state index contributed by atoms with van der Waals surface area (Å²) >= 11 is 0. The first-order chi connectivity index (χ1) is 17.0. The molecule has 3 aromatic rings. The number of aliphatic hydroxyl groups is 1. The molecule has 0 saturated carbocycles. The fourth-order valence-electron chi connectivity index (χ4n) is 4.50. The van der Waals surface area contributed by atoms with Crippen molar-refractivity contribution in [1.82, 2.24) is 9.97 Å². The molecular formula is C27H28F3N3O3. The van der Waals surface area contributed by atoms with Crippen LogP contribution in [0.1, 0.15) is 54.9 Å². The van der Waals surface area contributed by atoms with E-state index in [1.54, 1.807) is 12.3 Å². The van der Waals surface area contributed by atoms with Crippen LogP contribution in [0.3, 0.4) is 0 Å². The van der Waals surface area contributed by atoms with Crippen LogP contribution in [0.4, 0.5) is 13.2 Å². The van der Waals surface area contributed by atoms with Gasteiger partial charge in [0.1, 0.15) is 28.8 Å². The van der Waals surface area contributed by atoms with Crippen LogP contribution in [-0.2, 0) is 11.2 Å². The summed E-state index contributed by atoms with van der Waals surface area (Å²) in [5.74, 6) is -3.41. The number of nitrogens with zero attached hydrogens (tertiary/aromatic N) is 2. The second kappa shape index (κ2) is 10.1. The lowest BCUT2D eigenvalue weighted by atomic mass is 9.79. The van der Waals surface area contributed by atoms with E-state index in [2.05, 4.69) is 9.97 Å². The second-order valence-electron chi connectivity index (χ2n) is 10.1. The molecule has 1 aliphatic heterocycles. The second-order valence-corrected chi connectivity index (χ2v) is 10.1. The molecule has 0 amide bonds. The predicted molar refractivity (Wildman–Crippen MR) is 127 cm³/mol. The van der Waals surface area contributed by atoms with Crippen LogP contribution < -0.4 is 5.73 Å². The number of hydrogen-bond donors (Lipinski definition) is 2. The quantitative estimate of drug-likeness (QED) is 0.500. The van der Waals surface area contributed by atoms with Crippen LogP contribution in [0.2, 0.25) is 0 Å². The van der Waals surface area contributed by atoms with Crippen molar-refractivity contribution in [2.75, 3.05) is 0 Å². The smallest absolute Gasteiger partial charge is 0.185 e. The van der Waals surface area contributed by atoms with Crippen molar-refractivity contribution >= 4 is 5.78 Å². The maximum Gasteiger partial charge on any atom is 0.185 e. The predicted octanol–water partition coefficient (Wildman–Crippen LogP) is 4.55. The molecule has 1 aromatic carbocycles. The number of pyridine rings is 2. The number of rotatable bonds is 5. The summed E-state index contributed by atoms with van der Waals surface area (Å²) in [4.78, 5) is 21.2. The van der Waals surface area contributed by atoms with Gasteiger partial charge in [0.05, 0.1) is 23.9 Å². The minimum absolute atomic E-state index is 0.145. The van der Waals surface area contributed by atoms with Crippen LogP contribution in [0.5, 0.6) is 0 Å². The number of halogens is 3. The summed E-state index contributed by atoms with van der Waals surface area (Å²) in [6, 6.07) is 6.49. The number of ketones is 1. The lowest BCUT2D eigenvalue weighted by Crippen LogP contribution is -2.54. The molecule has 0 spiro atoms. The van der Waals surface area contributed by atoms with Crippen molar-refractivity contribution in [3.05, 3.63) is 83.1 Å². The number of aliphatic hydroxyl groups excluding tert-OH is 1. The molecule has 1 aliphatic rings. The summed E-state index contributed by atoms with van der Waals surface area (Å²) in [6.07, 6.45) is 1.44. The van der Waals surface area contributed by atoms with Crippen LogP contribution in [0.25, 0.3) is 11.3 Å². The molecule has 0 unspecified atom stereocenters. The van der Waals surface area contributed by atoms with Gasteiger partial charge in [0, 0.05) is 24.9 Å². The summed E-state index contributed by atoms with van der Waals surface area (Å²) in [6.45, 7) is 5.84. The third kappa shape index (κ3) is 5.18. The average molecular weight is 500 g/mol. The number of Topliss-reactive ketones (excluding diaryl/α,β-unsaturated/α-hetero) is 1. The lowest BCUT2D eigenvalue weighted by molar-refractivity contribution is -0.167. The Labute approximate surface area is 207 Å². The van der Waals surface area contributed by atoms with Gasteiger partial charge in [-0.1, -0.05) is 26.8 Å². The highest BCUT2D eigenvalue weighted by Crippen LogP contribution is 2.39. The summed E-state index contributed by atoms with van der Waals surface area (Å²) in [5, 5.41) is 10.6. The first-order valence-electron chi connectivity index (χ1n) is 11.6. The Morgan fingerprint density at radius 2 is 1.81 bits per heavy atom. The van der Waals surface area contributed by atoms with Gasteiger partial charge in [-0.25, -0.2) is 18.2 Å². The highest BCUT2D eigenvalue weighted by Gasteiger charge is 2.42. The fraction of sp³-hybridized carbons (Fsp3) is 0.370. The molecule has 0 aliphatic carbocycles. The van der Waals surface area contributed by atoms with E-state index < -0.39 is 58.8 Å². The first-order valence-corrected chi connectivity index (χ1v) is 11.6. The molecule has 1 fully saturated rings. The van der Waals surface area contributed by atoms with Gasteiger partial charge < -0.3 is 15.6 Å². The topological polar surface area (TPSA) is 98.3 Å². The Kier molecular flexibility index (Phi) is 7.26. The van der Waals surface area contributed by atoms with Gasteiger partial charge in [0.25, 0.3) is 0 Å². The van der Waals surface area contributed by atoms with Gasteiger partial charge in [-0.3, -0.25) is 9.78 Å². The number of hydrogen-bond acceptors (Lipinski definition) is 6. The third-order valence-corrected chi connectivity index (χ3v) is 6.37. The molecule has 4 atom stereocenters. The van der Waals surface area contributed by atoms with Gasteiger partial charge in [-0.15, -0.1) is 0 Å². The average Bonchev–Trinajstić information content (AvgIpc) is 2.81. The van der Waals surface area contributed by atoms with Gasteiger partial charge in [0.15, 0.2) is 5.78 Å². The molecule has 0 radical (unpaired) electrons. The van der Waals surface area contributed by atoms with Crippen LogP contribution >= 0.6 is 0 Å². The van der Waals surface area contributed by atoms with E-state index in [-0.39, 0.29) is 17.5 Å². The number of nitrogens with two attached hydrogens (primary N) is 1. The standard InChI is InChI=1S/C27H28F3N3O3/c1-27(2,3)26-25(35)19(31)12-22(36-26)15-9-10-32-13-14(15)11-21(34)20-8-7-18(30)24(33-20)23-16(28)5-4-6-17(23)29/h4-10,13,19,22,25-26,35H,11-12,31H2,1-3H3/t19-,22-,25+,26+/m1/s1. The molecule has 2 aromatic heterocycles. The van der Waals surface area contributed by atoms with E-state index in [1.165, 1.54) is 12.3 Å². The molecule has 9 heteroatoms. The summed E-state index contributed by atoms with van der Waals surface area (Å²) in [7, 11) is 0. The third-order valence-electron chi connectivity index (χ3n) is 6.37. The Hall–Kier alpha value is -3.14. The van der Waals surface area contributed by atoms with Crippen LogP contribution in [0, 0.1) is 22.9 Å². The highest BCUT2D eigenvalue weighted by atomic mass is 19.1. The monoisotopic (exact) mass is 499 g/mol. The van der Waals surface area contributed by atoms with E-state index in [0.29, 0.717) is 17.5 Å². The van der Waals surface area contributed by atoms with Crippen LogP contribution in [-0.4, -0.2) is 39.1 Å². The number of carbonyl (C=O) groups is 1. The summed E-state index contributed by atoms with van der Waals surface area (Å²) < 4.78 is 49.2. The molecule has 3 heterocycles. The highest BCUT2D eigenvalue weighted by molar-refractivity contribution is 5.96. The maximum atomic E-state index is 14.4. The Morgan fingerprint density at radius 1 is 1.11 bits per heavy atom. The number of ether oxygens (including phenoxy) is 1. The van der Waals surface area contributed by atoms with Crippen molar-refractivity contribution in [3.63, 3.8) is 0 Å². The molecule has 1 saturated heterocycles. The number of carbonyl (C=O) groups excluding carboxylic acids is 1. The van der Waals surface area contributed by atoms with E-state index in [1.807, 2.05) is 20.8 Å². The van der Waals surface area contributed by atoms with E-state index in [4.69, 9.17) is 10.5 Å². The zero-order valence-electron chi connectivity index (χ0n) is 20.2. The Morgan fingerprint density at radius 3 is 2.47 bits per heavy atom. The number of benzene rings is 1. The van der Waals surface area contributed by atoms with E-state index >= 15 is 0 Å². The van der Waals surface area contributed by atoms with Gasteiger partial charge in [-0.05, 0) is 53.3 Å². The fourth-order valence-corrected chi connectivity index (χ4v) is 4.50. The summed E-state index contributed by atoms with van der Waals surface area (Å²) in [5.41, 5.74) is 5.73. The van der Waals surface area contributed by atoms with Crippen molar-refractivity contribution in [2.24, 2.45) is 11.1 Å². The van der Waals surface area contributed by atoms with Crippen molar-refractivity contribution in [1.29, 1.82) is 0 Å². The number of aromatic nitrogens is 2. The Bertz CT molecular complexity index is 1260. The molecule has 190 valence electrons. The van der Waals surface area contributed by atoms with Gasteiger partial charge >= 0.3 is 0 Å². The maximum absolute atomic E-state index is 14.4. The molecule has 36 heavy (non-hydrogen) atoms. The SMILES string of the molecule is CC(C)(C)[C@H]1O[C@@H](c2ccncc2CC(=O)c2ccc(F)c(-c3c(F)cccc3F)n2)C[C@@H](N)[C@@H]1O. The van der Waals surface area contributed by atoms with Gasteiger partial charge in [-0.2, -0.15) is 0 Å². The van der Waals surface area contributed by atoms with Crippen molar-refractivity contribution < 1.29 is 27.8 Å². The zero-order chi connectivity index (χ0) is 26.2. The molecular weight excluding hydrogens is 471 g/mol. The van der Waals surface area contributed by atoms with Crippen molar-refractivity contribution in [2.45, 2.75) is 58.0 Å².